The normalized spacial score (nSPS) is 12.9. The molecule has 0 radical (unpaired) electrons. The lowest BCUT2D eigenvalue weighted by atomic mass is 9.92. The fourth-order valence-corrected chi connectivity index (χ4v) is 1.48. The standard InChI is InChI=1S/C11H20O4/c1-3-9(8(2)14)4-5-11(15)10(6-12)7-13/h9-10,12-13H,3-7H2,1-2H3. The largest absolute Gasteiger partial charge is 0.396 e. The van der Waals surface area contributed by atoms with Crippen molar-refractivity contribution in [3.63, 3.8) is 0 Å². The zero-order valence-corrected chi connectivity index (χ0v) is 9.40. The van der Waals surface area contributed by atoms with Crippen LogP contribution in [0.1, 0.15) is 33.1 Å². The van der Waals surface area contributed by atoms with Crippen LogP contribution in [-0.4, -0.2) is 35.0 Å². The molecule has 0 heterocycles. The Hall–Kier alpha value is -0.740. The highest BCUT2D eigenvalue weighted by atomic mass is 16.3. The molecule has 0 aromatic heterocycles. The van der Waals surface area contributed by atoms with E-state index in [-0.39, 0.29) is 37.1 Å². The molecule has 0 aromatic rings. The fraction of sp³-hybridized carbons (Fsp3) is 0.818. The van der Waals surface area contributed by atoms with Gasteiger partial charge in [-0.2, -0.15) is 0 Å². The van der Waals surface area contributed by atoms with Crippen molar-refractivity contribution in [2.75, 3.05) is 13.2 Å². The van der Waals surface area contributed by atoms with Crippen LogP contribution in [0.3, 0.4) is 0 Å². The minimum atomic E-state index is -0.686. The van der Waals surface area contributed by atoms with Crippen molar-refractivity contribution in [2.45, 2.75) is 33.1 Å². The summed E-state index contributed by atoms with van der Waals surface area (Å²) in [4.78, 5) is 22.5. The number of carbonyl (C=O) groups excluding carboxylic acids is 2. The molecular formula is C11H20O4. The fourth-order valence-electron chi connectivity index (χ4n) is 1.48. The van der Waals surface area contributed by atoms with Gasteiger partial charge in [-0.1, -0.05) is 6.92 Å². The van der Waals surface area contributed by atoms with Crippen molar-refractivity contribution in [3.05, 3.63) is 0 Å². The van der Waals surface area contributed by atoms with Gasteiger partial charge in [-0.15, -0.1) is 0 Å². The topological polar surface area (TPSA) is 74.6 Å². The van der Waals surface area contributed by atoms with Crippen molar-refractivity contribution < 1.29 is 19.8 Å². The van der Waals surface area contributed by atoms with Gasteiger partial charge in [0.25, 0.3) is 0 Å². The summed E-state index contributed by atoms with van der Waals surface area (Å²) in [5.74, 6) is -0.837. The second kappa shape index (κ2) is 7.54. The van der Waals surface area contributed by atoms with E-state index in [4.69, 9.17) is 10.2 Å². The minimum absolute atomic E-state index is 0.0769. The van der Waals surface area contributed by atoms with Gasteiger partial charge in [0, 0.05) is 12.3 Å². The maximum atomic E-state index is 11.4. The molecule has 0 rings (SSSR count). The molecule has 0 saturated carbocycles. The van der Waals surface area contributed by atoms with Crippen LogP contribution in [0.2, 0.25) is 0 Å². The van der Waals surface area contributed by atoms with E-state index < -0.39 is 5.92 Å². The van der Waals surface area contributed by atoms with Crippen LogP contribution in [-0.2, 0) is 9.59 Å². The number of hydrogen-bond donors (Lipinski definition) is 2. The van der Waals surface area contributed by atoms with Crippen LogP contribution in [0, 0.1) is 11.8 Å². The molecule has 0 aliphatic rings. The molecule has 4 heteroatoms. The summed E-state index contributed by atoms with van der Waals surface area (Å²) in [5.41, 5.74) is 0. The predicted molar refractivity (Wildman–Crippen MR) is 56.4 cm³/mol. The molecule has 0 aliphatic carbocycles. The highest BCUT2D eigenvalue weighted by Crippen LogP contribution is 2.14. The summed E-state index contributed by atoms with van der Waals surface area (Å²) >= 11 is 0. The molecule has 1 unspecified atom stereocenters. The second-order valence-corrected chi connectivity index (χ2v) is 3.78. The molecule has 0 amide bonds. The molecule has 2 N–H and O–H groups in total. The third-order valence-corrected chi connectivity index (χ3v) is 2.70. The highest BCUT2D eigenvalue weighted by molar-refractivity contribution is 5.83. The molecule has 15 heavy (non-hydrogen) atoms. The lowest BCUT2D eigenvalue weighted by molar-refractivity contribution is -0.126. The van der Waals surface area contributed by atoms with Crippen LogP contribution in [0.5, 0.6) is 0 Å². The van der Waals surface area contributed by atoms with Gasteiger partial charge in [-0.25, -0.2) is 0 Å². The average molecular weight is 216 g/mol. The molecule has 0 aromatic carbocycles. The maximum Gasteiger partial charge on any atom is 0.140 e. The van der Waals surface area contributed by atoms with E-state index in [2.05, 4.69) is 0 Å². The van der Waals surface area contributed by atoms with Crippen molar-refractivity contribution in [1.82, 2.24) is 0 Å². The Kier molecular flexibility index (Phi) is 7.17. The molecule has 1 atom stereocenters. The first kappa shape index (κ1) is 14.3. The smallest absolute Gasteiger partial charge is 0.140 e. The summed E-state index contributed by atoms with van der Waals surface area (Å²) in [6.45, 7) is 2.78. The van der Waals surface area contributed by atoms with Crippen molar-refractivity contribution >= 4 is 11.6 Å². The Balaban J connectivity index is 4.02. The lowest BCUT2D eigenvalue weighted by Crippen LogP contribution is -2.23. The Morgan fingerprint density at radius 1 is 1.13 bits per heavy atom. The van der Waals surface area contributed by atoms with Gasteiger partial charge < -0.3 is 10.2 Å². The summed E-state index contributed by atoms with van der Waals surface area (Å²) < 4.78 is 0. The minimum Gasteiger partial charge on any atom is -0.396 e. The monoisotopic (exact) mass is 216 g/mol. The maximum absolute atomic E-state index is 11.4. The van der Waals surface area contributed by atoms with Gasteiger partial charge in [-0.3, -0.25) is 9.59 Å². The lowest BCUT2D eigenvalue weighted by Gasteiger charge is -2.13. The molecular weight excluding hydrogens is 196 g/mol. The molecule has 88 valence electrons. The van der Waals surface area contributed by atoms with Gasteiger partial charge in [0.05, 0.1) is 19.1 Å². The summed E-state index contributed by atoms with van der Waals surface area (Å²) in [6, 6.07) is 0. The molecule has 0 fully saturated rings. The molecule has 0 aliphatic heterocycles. The van der Waals surface area contributed by atoms with Gasteiger partial charge in [-0.05, 0) is 19.8 Å². The van der Waals surface area contributed by atoms with Gasteiger partial charge in [0.15, 0.2) is 0 Å². The Labute approximate surface area is 90.3 Å². The number of Topliss-reactive ketones (excluding diaryl/α,β-unsaturated/α-hetero) is 2. The molecule has 0 spiro atoms. The van der Waals surface area contributed by atoms with Crippen LogP contribution < -0.4 is 0 Å². The average Bonchev–Trinajstić information content (AvgIpc) is 2.20. The Morgan fingerprint density at radius 2 is 1.67 bits per heavy atom. The third kappa shape index (κ3) is 5.04. The van der Waals surface area contributed by atoms with Crippen LogP contribution in [0.15, 0.2) is 0 Å². The van der Waals surface area contributed by atoms with Gasteiger partial charge in [0.1, 0.15) is 11.6 Å². The first-order chi connectivity index (χ1) is 7.06. The SMILES string of the molecule is CCC(CCC(=O)C(CO)CO)C(C)=O. The van der Waals surface area contributed by atoms with E-state index in [0.29, 0.717) is 6.42 Å². The summed E-state index contributed by atoms with van der Waals surface area (Å²) in [5, 5.41) is 17.6. The number of rotatable bonds is 8. The summed E-state index contributed by atoms with van der Waals surface area (Å²) in [6.07, 6.45) is 1.50. The van der Waals surface area contributed by atoms with E-state index in [1.54, 1.807) is 0 Å². The van der Waals surface area contributed by atoms with Crippen molar-refractivity contribution in [3.8, 4) is 0 Å². The van der Waals surface area contributed by atoms with E-state index in [1.807, 2.05) is 6.92 Å². The zero-order chi connectivity index (χ0) is 11.8. The van der Waals surface area contributed by atoms with Crippen LogP contribution in [0.4, 0.5) is 0 Å². The van der Waals surface area contributed by atoms with Crippen molar-refractivity contribution in [1.29, 1.82) is 0 Å². The predicted octanol–water partition coefficient (Wildman–Crippen LogP) is 0.552. The molecule has 0 saturated heterocycles. The number of ketones is 2. The van der Waals surface area contributed by atoms with Crippen LogP contribution >= 0.6 is 0 Å². The third-order valence-electron chi connectivity index (χ3n) is 2.70. The summed E-state index contributed by atoms with van der Waals surface area (Å²) in [7, 11) is 0. The van der Waals surface area contributed by atoms with E-state index in [9.17, 15) is 9.59 Å². The Morgan fingerprint density at radius 3 is 2.00 bits per heavy atom. The number of hydrogen-bond acceptors (Lipinski definition) is 4. The first-order valence-corrected chi connectivity index (χ1v) is 5.31. The second-order valence-electron chi connectivity index (χ2n) is 3.78. The van der Waals surface area contributed by atoms with Gasteiger partial charge >= 0.3 is 0 Å². The Bertz CT molecular complexity index is 209. The quantitative estimate of drug-likeness (QED) is 0.621. The molecule has 4 nitrogen and oxygen atoms in total. The van der Waals surface area contributed by atoms with E-state index in [0.717, 1.165) is 6.42 Å². The highest BCUT2D eigenvalue weighted by Gasteiger charge is 2.19. The van der Waals surface area contributed by atoms with E-state index in [1.165, 1.54) is 6.92 Å². The van der Waals surface area contributed by atoms with Crippen molar-refractivity contribution in [2.24, 2.45) is 11.8 Å². The zero-order valence-electron chi connectivity index (χ0n) is 9.40. The first-order valence-electron chi connectivity index (χ1n) is 5.31. The van der Waals surface area contributed by atoms with E-state index >= 15 is 0 Å². The number of carbonyl (C=O) groups is 2. The van der Waals surface area contributed by atoms with Crippen LogP contribution in [0.25, 0.3) is 0 Å². The molecule has 0 bridgehead atoms. The van der Waals surface area contributed by atoms with Gasteiger partial charge in [0.2, 0.25) is 0 Å². The number of aliphatic hydroxyl groups is 2. The number of aliphatic hydroxyl groups excluding tert-OH is 2.